The van der Waals surface area contributed by atoms with Gasteiger partial charge in [0, 0.05) is 24.1 Å². The number of anilines is 1. The molecule has 25 heavy (non-hydrogen) atoms. The number of aromatic nitrogens is 2. The molecule has 0 radical (unpaired) electrons. The summed E-state index contributed by atoms with van der Waals surface area (Å²) in [6.45, 7) is 5.61. The van der Waals surface area contributed by atoms with E-state index in [0.717, 1.165) is 48.3 Å². The number of nitrogens with zero attached hydrogens (tertiary/aromatic N) is 3. The Hall–Kier alpha value is -1.60. The Kier molecular flexibility index (Phi) is 5.06. The van der Waals surface area contributed by atoms with Crippen LogP contribution in [0.5, 0.6) is 0 Å². The second-order valence-corrected chi connectivity index (χ2v) is 8.47. The zero-order valence-electron chi connectivity index (χ0n) is 14.8. The molecule has 1 heterocycles. The van der Waals surface area contributed by atoms with Crippen LogP contribution in [0.15, 0.2) is 16.1 Å². The van der Waals surface area contributed by atoms with Gasteiger partial charge in [0.2, 0.25) is 0 Å². The lowest BCUT2D eigenvalue weighted by Gasteiger charge is -2.26. The molecule has 0 aromatic carbocycles. The first-order chi connectivity index (χ1) is 11.9. The van der Waals surface area contributed by atoms with E-state index in [1.807, 2.05) is 0 Å². The number of fused-ring (bicyclic) bond motifs is 1. The van der Waals surface area contributed by atoms with Crippen molar-refractivity contribution in [3.63, 3.8) is 0 Å². The fraction of sp³-hybridized carbons (Fsp3) is 0.611. The van der Waals surface area contributed by atoms with Crippen molar-refractivity contribution in [3.05, 3.63) is 22.4 Å². The molecule has 2 fully saturated rings. The zero-order valence-corrected chi connectivity index (χ0v) is 15.6. The molecule has 2 aliphatic rings. The van der Waals surface area contributed by atoms with Crippen molar-refractivity contribution in [1.82, 2.24) is 9.78 Å². The van der Waals surface area contributed by atoms with Crippen LogP contribution in [0, 0.1) is 11.8 Å². The summed E-state index contributed by atoms with van der Waals surface area (Å²) in [6.07, 6.45) is 5.88. The topological polar surface area (TPSA) is 93.5 Å². The third kappa shape index (κ3) is 3.15. The van der Waals surface area contributed by atoms with E-state index >= 15 is 0 Å². The highest BCUT2D eigenvalue weighted by Crippen LogP contribution is 2.57. The summed E-state index contributed by atoms with van der Waals surface area (Å²) < 4.78 is 1.58. The Bertz CT molecular complexity index is 698. The Morgan fingerprint density at radius 1 is 1.52 bits per heavy atom. The van der Waals surface area contributed by atoms with Gasteiger partial charge in [-0.15, -0.1) is 11.8 Å². The first-order valence-corrected chi connectivity index (χ1v) is 9.71. The van der Waals surface area contributed by atoms with Crippen molar-refractivity contribution in [2.24, 2.45) is 23.9 Å². The molecule has 0 bridgehead atoms. The van der Waals surface area contributed by atoms with Crippen LogP contribution in [0.3, 0.4) is 0 Å². The summed E-state index contributed by atoms with van der Waals surface area (Å²) >= 11 is 1.64. The number of carbonyl (C=O) groups excluding carboxylic acids is 1. The summed E-state index contributed by atoms with van der Waals surface area (Å²) in [5.74, 6) is 2.44. The fourth-order valence-corrected chi connectivity index (χ4v) is 5.51. The molecule has 3 N–H and O–H groups in total. The van der Waals surface area contributed by atoms with Crippen LogP contribution in [0.1, 0.15) is 54.6 Å². The van der Waals surface area contributed by atoms with Gasteiger partial charge in [-0.1, -0.05) is 6.92 Å². The van der Waals surface area contributed by atoms with E-state index in [2.05, 4.69) is 23.7 Å². The van der Waals surface area contributed by atoms with Crippen molar-refractivity contribution < 1.29 is 9.90 Å². The Morgan fingerprint density at radius 3 is 2.68 bits per heavy atom. The fourth-order valence-electron chi connectivity index (χ4n) is 4.61. The first-order valence-electron chi connectivity index (χ1n) is 8.72. The van der Waals surface area contributed by atoms with Gasteiger partial charge in [0.25, 0.3) is 0 Å². The number of thioether (sulfide) groups is 1. The van der Waals surface area contributed by atoms with Gasteiger partial charge in [-0.3, -0.25) is 14.5 Å². The monoisotopic (exact) mass is 362 g/mol. The normalized spacial score (nSPS) is 32.0. The van der Waals surface area contributed by atoms with Gasteiger partial charge in [-0.2, -0.15) is 5.10 Å². The molecule has 0 spiro atoms. The molecule has 2 atom stereocenters. The maximum atomic E-state index is 11.4. The number of aliphatic imine (C=N–C) groups is 1. The summed E-state index contributed by atoms with van der Waals surface area (Å²) in [5.41, 5.74) is 6.50. The lowest BCUT2D eigenvalue weighted by molar-refractivity contribution is 0.0842. The molecule has 7 heteroatoms. The highest BCUT2D eigenvalue weighted by molar-refractivity contribution is 8.03. The van der Waals surface area contributed by atoms with E-state index in [0.29, 0.717) is 23.2 Å². The van der Waals surface area contributed by atoms with Gasteiger partial charge in [-0.25, -0.2) is 0 Å². The van der Waals surface area contributed by atoms with E-state index in [9.17, 15) is 9.90 Å². The minimum absolute atomic E-state index is 0.243. The van der Waals surface area contributed by atoms with Gasteiger partial charge in [0.05, 0.1) is 16.9 Å². The molecule has 2 aliphatic carbocycles. The van der Waals surface area contributed by atoms with E-state index in [1.165, 1.54) is 0 Å². The van der Waals surface area contributed by atoms with Crippen molar-refractivity contribution in [1.29, 1.82) is 0 Å². The van der Waals surface area contributed by atoms with Crippen molar-refractivity contribution in [3.8, 4) is 0 Å². The van der Waals surface area contributed by atoms with Gasteiger partial charge in [-0.05, 0) is 50.0 Å². The second-order valence-electron chi connectivity index (χ2n) is 7.16. The van der Waals surface area contributed by atoms with Crippen molar-refractivity contribution >= 4 is 30.6 Å². The van der Waals surface area contributed by atoms with Crippen LogP contribution in [-0.2, 0) is 7.05 Å². The smallest absolute Gasteiger partial charge is 0.155 e. The number of carbonyl (C=O) groups is 1. The number of aryl methyl sites for hydroxylation is 1. The highest BCUT2D eigenvalue weighted by atomic mass is 32.2. The van der Waals surface area contributed by atoms with E-state index in [4.69, 9.17) is 5.73 Å². The number of nitrogens with two attached hydrogens (primary N) is 1. The third-order valence-corrected chi connectivity index (χ3v) is 6.76. The van der Waals surface area contributed by atoms with Crippen LogP contribution in [0.25, 0.3) is 0 Å². The van der Waals surface area contributed by atoms with Crippen LogP contribution in [0.4, 0.5) is 5.82 Å². The minimum Gasteiger partial charge on any atom is -0.385 e. The average molecular weight is 362 g/mol. The molecule has 3 rings (SSSR count). The first kappa shape index (κ1) is 18.2. The molecule has 136 valence electrons. The minimum atomic E-state index is -0.793. The Balaban J connectivity index is 1.77. The number of hydrogen-bond acceptors (Lipinski definition) is 6. The van der Waals surface area contributed by atoms with E-state index in [-0.39, 0.29) is 5.92 Å². The molecule has 1 aromatic heterocycles. The lowest BCUT2D eigenvalue weighted by Crippen LogP contribution is -2.27. The highest BCUT2D eigenvalue weighted by Gasteiger charge is 2.51. The molecule has 2 saturated carbocycles. The van der Waals surface area contributed by atoms with Crippen molar-refractivity contribution in [2.45, 2.75) is 44.1 Å². The average Bonchev–Trinajstić information content (AvgIpc) is 3.18. The lowest BCUT2D eigenvalue weighted by atomic mass is 9.91. The Labute approximate surface area is 152 Å². The summed E-state index contributed by atoms with van der Waals surface area (Å²) in [6, 6.07) is 0. The molecule has 6 nitrogen and oxygen atoms in total. The standard InChI is InChI=1S/C18H26N4O2S/c1-4-25-15(9-20-2)18(24)7-12-5-11(6-13(12)8-18)16-14(10-23)17(19)22(3)21-16/h9-13,24H,2,4-8,19H2,1,3H3/b15-9-. The van der Waals surface area contributed by atoms with Gasteiger partial charge < -0.3 is 10.8 Å². The van der Waals surface area contributed by atoms with E-state index < -0.39 is 5.60 Å². The van der Waals surface area contributed by atoms with Gasteiger partial charge in [0.1, 0.15) is 5.82 Å². The number of aliphatic hydroxyl groups is 1. The molecular formula is C18H26N4O2S. The molecule has 2 unspecified atom stereocenters. The third-order valence-electron chi connectivity index (χ3n) is 5.67. The molecule has 1 aromatic rings. The number of hydrogen-bond donors (Lipinski definition) is 2. The number of nitrogen functional groups attached to an aromatic ring is 1. The summed E-state index contributed by atoms with van der Waals surface area (Å²) in [4.78, 5) is 16.2. The van der Waals surface area contributed by atoms with Gasteiger partial charge >= 0.3 is 0 Å². The van der Waals surface area contributed by atoms with Crippen LogP contribution in [-0.4, -0.2) is 39.2 Å². The number of aldehydes is 1. The van der Waals surface area contributed by atoms with Crippen LogP contribution in [0.2, 0.25) is 0 Å². The maximum Gasteiger partial charge on any atom is 0.155 e. The van der Waals surface area contributed by atoms with Crippen LogP contribution < -0.4 is 5.73 Å². The summed E-state index contributed by atoms with van der Waals surface area (Å²) in [7, 11) is 1.77. The maximum absolute atomic E-state index is 11.4. The summed E-state index contributed by atoms with van der Waals surface area (Å²) in [5, 5.41) is 15.6. The largest absolute Gasteiger partial charge is 0.385 e. The SMILES string of the molecule is C=N/C=C(\SCC)C1(O)CC2CC(c3nn(C)c(N)c3C=O)CC2C1. The predicted octanol–water partition coefficient (Wildman–Crippen LogP) is 2.74. The molecule has 0 aliphatic heterocycles. The van der Waals surface area contributed by atoms with E-state index in [1.54, 1.807) is 29.7 Å². The quantitative estimate of drug-likeness (QED) is 0.599. The van der Waals surface area contributed by atoms with Gasteiger partial charge in [0.15, 0.2) is 6.29 Å². The number of rotatable bonds is 6. The second kappa shape index (κ2) is 6.96. The predicted molar refractivity (Wildman–Crippen MR) is 102 cm³/mol. The van der Waals surface area contributed by atoms with Crippen molar-refractivity contribution in [2.75, 3.05) is 11.5 Å². The molecular weight excluding hydrogens is 336 g/mol. The molecule has 0 amide bonds. The Morgan fingerprint density at radius 2 is 2.16 bits per heavy atom. The van der Waals surface area contributed by atoms with Crippen LogP contribution >= 0.6 is 11.8 Å². The molecule has 0 saturated heterocycles. The zero-order chi connectivity index (χ0) is 18.2.